The molecule has 116 valence electrons. The van der Waals surface area contributed by atoms with Crippen molar-refractivity contribution >= 4 is 0 Å². The third kappa shape index (κ3) is 3.20. The second-order valence-corrected chi connectivity index (χ2v) is 7.20. The van der Waals surface area contributed by atoms with E-state index in [0.29, 0.717) is 0 Å². The molecule has 3 fully saturated rings. The molecule has 1 atom stereocenters. The lowest BCUT2D eigenvalue weighted by Crippen LogP contribution is -2.51. The minimum Gasteiger partial charge on any atom is -0.375 e. The average Bonchev–Trinajstić information content (AvgIpc) is 3.12. The molecule has 0 radical (unpaired) electrons. The van der Waals surface area contributed by atoms with E-state index in [-0.39, 0.29) is 5.60 Å². The zero-order chi connectivity index (χ0) is 13.8. The molecule has 0 aromatic rings. The summed E-state index contributed by atoms with van der Waals surface area (Å²) in [6.45, 7) is 3.02. The summed E-state index contributed by atoms with van der Waals surface area (Å²) in [4.78, 5) is 2.84. The van der Waals surface area contributed by atoms with Gasteiger partial charge in [-0.05, 0) is 58.0 Å². The lowest BCUT2D eigenvalue weighted by molar-refractivity contribution is -0.106. The van der Waals surface area contributed by atoms with Crippen LogP contribution in [0.1, 0.15) is 70.6 Å². The molecule has 1 saturated heterocycles. The first-order valence-corrected chi connectivity index (χ1v) is 8.93. The number of nitrogens with two attached hydrogens (primary N) is 1. The van der Waals surface area contributed by atoms with Crippen LogP contribution >= 0.6 is 0 Å². The average molecular weight is 280 g/mol. The fourth-order valence-electron chi connectivity index (χ4n) is 4.83. The molecule has 3 nitrogen and oxygen atoms in total. The first kappa shape index (κ1) is 14.8. The third-order valence-corrected chi connectivity index (χ3v) is 5.86. The Morgan fingerprint density at radius 1 is 1.00 bits per heavy atom. The molecule has 1 spiro atoms. The molecule has 2 saturated carbocycles. The van der Waals surface area contributed by atoms with Gasteiger partial charge in [-0.2, -0.15) is 0 Å². The first-order valence-electron chi connectivity index (χ1n) is 8.93. The summed E-state index contributed by atoms with van der Waals surface area (Å²) >= 11 is 0. The smallest absolute Gasteiger partial charge is 0.0697 e. The topological polar surface area (TPSA) is 38.5 Å². The Balaban J connectivity index is 1.65. The van der Waals surface area contributed by atoms with Gasteiger partial charge in [-0.3, -0.25) is 4.90 Å². The molecule has 0 bridgehead atoms. The van der Waals surface area contributed by atoms with Gasteiger partial charge in [0.25, 0.3) is 0 Å². The highest BCUT2D eigenvalue weighted by atomic mass is 16.5. The van der Waals surface area contributed by atoms with Crippen molar-refractivity contribution in [3.63, 3.8) is 0 Å². The van der Waals surface area contributed by atoms with Crippen molar-refractivity contribution in [2.75, 3.05) is 19.7 Å². The SMILES string of the molecule is NCCCN(C1CCCC1)C1CCOC2(CCCC2)C1. The van der Waals surface area contributed by atoms with Crippen molar-refractivity contribution in [3.8, 4) is 0 Å². The Kier molecular flexibility index (Phi) is 5.00. The van der Waals surface area contributed by atoms with Crippen LogP contribution in [-0.2, 0) is 4.74 Å². The maximum absolute atomic E-state index is 6.22. The van der Waals surface area contributed by atoms with Crippen LogP contribution in [0, 0.1) is 0 Å². The molecule has 1 heterocycles. The molecule has 20 heavy (non-hydrogen) atoms. The highest BCUT2D eigenvalue weighted by molar-refractivity contribution is 4.96. The predicted octanol–water partition coefficient (Wildman–Crippen LogP) is 3.07. The molecule has 1 aliphatic heterocycles. The van der Waals surface area contributed by atoms with Gasteiger partial charge in [0.05, 0.1) is 5.60 Å². The van der Waals surface area contributed by atoms with Gasteiger partial charge in [0.2, 0.25) is 0 Å². The van der Waals surface area contributed by atoms with Gasteiger partial charge in [0.1, 0.15) is 0 Å². The van der Waals surface area contributed by atoms with Crippen LogP contribution in [0.15, 0.2) is 0 Å². The van der Waals surface area contributed by atoms with E-state index >= 15 is 0 Å². The minimum absolute atomic E-state index is 0.252. The summed E-state index contributed by atoms with van der Waals surface area (Å²) in [6.07, 6.45) is 14.7. The van der Waals surface area contributed by atoms with Gasteiger partial charge in [0, 0.05) is 18.7 Å². The van der Waals surface area contributed by atoms with Crippen molar-refractivity contribution in [3.05, 3.63) is 0 Å². The largest absolute Gasteiger partial charge is 0.375 e. The number of nitrogens with zero attached hydrogens (tertiary/aromatic N) is 1. The van der Waals surface area contributed by atoms with Crippen molar-refractivity contribution < 1.29 is 4.74 Å². The molecule has 0 aromatic carbocycles. The molecular formula is C17H32N2O. The predicted molar refractivity (Wildman–Crippen MR) is 82.8 cm³/mol. The summed E-state index contributed by atoms with van der Waals surface area (Å²) in [5.41, 5.74) is 6.02. The molecule has 2 N–H and O–H groups in total. The van der Waals surface area contributed by atoms with Crippen LogP contribution in [0.5, 0.6) is 0 Å². The molecule has 0 aromatic heterocycles. The molecule has 2 aliphatic carbocycles. The van der Waals surface area contributed by atoms with E-state index in [2.05, 4.69) is 4.90 Å². The maximum atomic E-state index is 6.22. The van der Waals surface area contributed by atoms with Crippen molar-refractivity contribution in [2.45, 2.75) is 88.3 Å². The molecule has 3 rings (SSSR count). The van der Waals surface area contributed by atoms with E-state index in [4.69, 9.17) is 10.5 Å². The van der Waals surface area contributed by atoms with Crippen molar-refractivity contribution in [1.29, 1.82) is 0 Å². The van der Waals surface area contributed by atoms with Gasteiger partial charge in [0.15, 0.2) is 0 Å². The summed E-state index contributed by atoms with van der Waals surface area (Å²) < 4.78 is 6.22. The monoisotopic (exact) mass is 280 g/mol. The third-order valence-electron chi connectivity index (χ3n) is 5.86. The van der Waals surface area contributed by atoms with Crippen LogP contribution < -0.4 is 5.73 Å². The van der Waals surface area contributed by atoms with E-state index in [1.807, 2.05) is 0 Å². The van der Waals surface area contributed by atoms with E-state index < -0.39 is 0 Å². The minimum atomic E-state index is 0.252. The van der Waals surface area contributed by atoms with E-state index in [1.54, 1.807) is 0 Å². The van der Waals surface area contributed by atoms with Gasteiger partial charge in [-0.25, -0.2) is 0 Å². The molecular weight excluding hydrogens is 248 g/mol. The summed E-state index contributed by atoms with van der Waals surface area (Å²) in [6, 6.07) is 1.60. The van der Waals surface area contributed by atoms with Crippen LogP contribution in [0.25, 0.3) is 0 Å². The standard InChI is InChI=1S/C17H32N2O/c18-11-5-12-19(15-6-1-2-7-15)16-8-13-20-17(14-16)9-3-4-10-17/h15-16H,1-14,18H2. The summed E-state index contributed by atoms with van der Waals surface area (Å²) in [5, 5.41) is 0. The highest BCUT2D eigenvalue weighted by Crippen LogP contribution is 2.42. The van der Waals surface area contributed by atoms with Gasteiger partial charge >= 0.3 is 0 Å². The van der Waals surface area contributed by atoms with E-state index in [0.717, 1.165) is 31.7 Å². The molecule has 1 unspecified atom stereocenters. The van der Waals surface area contributed by atoms with E-state index in [1.165, 1.54) is 70.8 Å². The first-order chi connectivity index (χ1) is 9.83. The maximum Gasteiger partial charge on any atom is 0.0697 e. The van der Waals surface area contributed by atoms with Crippen LogP contribution in [-0.4, -0.2) is 42.3 Å². The zero-order valence-electron chi connectivity index (χ0n) is 13.0. The lowest BCUT2D eigenvalue weighted by Gasteiger charge is -2.45. The van der Waals surface area contributed by atoms with E-state index in [9.17, 15) is 0 Å². The summed E-state index contributed by atoms with van der Waals surface area (Å²) in [7, 11) is 0. The fraction of sp³-hybridized carbons (Fsp3) is 1.00. The number of hydrogen-bond acceptors (Lipinski definition) is 3. The number of rotatable bonds is 5. The van der Waals surface area contributed by atoms with Crippen LogP contribution in [0.2, 0.25) is 0 Å². The van der Waals surface area contributed by atoms with Crippen molar-refractivity contribution in [2.24, 2.45) is 5.73 Å². The Morgan fingerprint density at radius 3 is 2.45 bits per heavy atom. The number of ether oxygens (including phenoxy) is 1. The molecule has 0 amide bonds. The highest BCUT2D eigenvalue weighted by Gasteiger charge is 2.42. The van der Waals surface area contributed by atoms with Gasteiger partial charge < -0.3 is 10.5 Å². The zero-order valence-corrected chi connectivity index (χ0v) is 13.0. The molecule has 3 heteroatoms. The van der Waals surface area contributed by atoms with Crippen LogP contribution in [0.3, 0.4) is 0 Å². The Hall–Kier alpha value is -0.120. The van der Waals surface area contributed by atoms with Crippen LogP contribution in [0.4, 0.5) is 0 Å². The Bertz CT molecular complexity index is 295. The Morgan fingerprint density at radius 2 is 1.75 bits per heavy atom. The van der Waals surface area contributed by atoms with Gasteiger partial charge in [-0.1, -0.05) is 25.7 Å². The number of hydrogen-bond donors (Lipinski definition) is 1. The fourth-order valence-corrected chi connectivity index (χ4v) is 4.83. The lowest BCUT2D eigenvalue weighted by atomic mass is 9.87. The normalized spacial score (nSPS) is 30.6. The van der Waals surface area contributed by atoms with Crippen molar-refractivity contribution in [1.82, 2.24) is 4.90 Å². The second-order valence-electron chi connectivity index (χ2n) is 7.20. The Labute approximate surface area is 124 Å². The quantitative estimate of drug-likeness (QED) is 0.841. The molecule has 3 aliphatic rings. The second kappa shape index (κ2) is 6.76. The summed E-state index contributed by atoms with van der Waals surface area (Å²) in [5.74, 6) is 0. The van der Waals surface area contributed by atoms with Gasteiger partial charge in [-0.15, -0.1) is 0 Å².